The standard InChI is InChI=1S/C36H38ClFN6O5/c1-19-22-14-15-27(24(22)13-12-23(19)35(48)49-36(2,3)4)42-34(47)30-17-29(33(46)40-21-9-7-8-20(38)16-21)41-31-25(18-39-44(30)31)32(45)43-28-11-6-5-10-26(28)37/h7-9,12-13,16-18,26-28H,5-6,10-11,14-15H2,1-4H3,(H,40,46)(H,42,47)(H,43,45)/t26?,27-,28+/m0/s1. The molecule has 0 aliphatic heterocycles. The lowest BCUT2D eigenvalue weighted by Gasteiger charge is -2.27. The Kier molecular flexibility index (Phi) is 9.43. The molecule has 0 bridgehead atoms. The summed E-state index contributed by atoms with van der Waals surface area (Å²) in [4.78, 5) is 58.2. The first-order valence-corrected chi connectivity index (χ1v) is 16.8. The smallest absolute Gasteiger partial charge is 0.338 e. The van der Waals surface area contributed by atoms with Crippen LogP contribution in [0.5, 0.6) is 0 Å². The molecule has 2 aromatic carbocycles. The molecule has 11 nitrogen and oxygen atoms in total. The molecule has 49 heavy (non-hydrogen) atoms. The number of aromatic nitrogens is 3. The number of carbonyl (C=O) groups is 4. The maximum atomic E-state index is 14.0. The van der Waals surface area contributed by atoms with E-state index in [1.54, 1.807) is 6.07 Å². The monoisotopic (exact) mass is 688 g/mol. The fourth-order valence-electron chi connectivity index (χ4n) is 6.47. The van der Waals surface area contributed by atoms with Crippen LogP contribution in [0.4, 0.5) is 10.1 Å². The number of halogens is 2. The van der Waals surface area contributed by atoms with Crippen molar-refractivity contribution in [2.45, 2.75) is 89.3 Å². The van der Waals surface area contributed by atoms with Crippen molar-refractivity contribution in [2.24, 2.45) is 0 Å². The highest BCUT2D eigenvalue weighted by Gasteiger charge is 2.31. The molecule has 4 aromatic rings. The van der Waals surface area contributed by atoms with Crippen LogP contribution in [0.2, 0.25) is 0 Å². The molecule has 2 heterocycles. The lowest BCUT2D eigenvalue weighted by atomic mass is 9.95. The number of amides is 3. The number of nitrogens with one attached hydrogen (secondary N) is 3. The van der Waals surface area contributed by atoms with Crippen molar-refractivity contribution >= 4 is 46.6 Å². The Morgan fingerprint density at radius 1 is 0.959 bits per heavy atom. The van der Waals surface area contributed by atoms with Crippen molar-refractivity contribution < 1.29 is 28.3 Å². The molecular formula is C36H38ClFN6O5. The van der Waals surface area contributed by atoms with E-state index in [1.807, 2.05) is 33.8 Å². The van der Waals surface area contributed by atoms with E-state index in [0.29, 0.717) is 18.4 Å². The van der Waals surface area contributed by atoms with Gasteiger partial charge in [0, 0.05) is 17.8 Å². The van der Waals surface area contributed by atoms with Crippen molar-refractivity contribution in [1.82, 2.24) is 25.2 Å². The van der Waals surface area contributed by atoms with Gasteiger partial charge in [-0.05, 0) is 94.3 Å². The average Bonchev–Trinajstić information content (AvgIpc) is 3.66. The van der Waals surface area contributed by atoms with Gasteiger partial charge in [-0.1, -0.05) is 25.0 Å². The van der Waals surface area contributed by atoms with Crippen molar-refractivity contribution in [3.63, 3.8) is 0 Å². The summed E-state index contributed by atoms with van der Waals surface area (Å²) < 4.78 is 20.7. The number of anilines is 1. The maximum absolute atomic E-state index is 14.0. The van der Waals surface area contributed by atoms with Crippen molar-refractivity contribution in [3.05, 3.63) is 93.7 Å². The number of ether oxygens (including phenoxy) is 1. The van der Waals surface area contributed by atoms with Gasteiger partial charge in [0.1, 0.15) is 28.4 Å². The molecule has 0 radical (unpaired) electrons. The molecule has 2 aliphatic carbocycles. The molecule has 3 N–H and O–H groups in total. The second-order valence-electron chi connectivity index (χ2n) is 13.5. The van der Waals surface area contributed by atoms with Gasteiger partial charge in [-0.25, -0.2) is 18.7 Å². The largest absolute Gasteiger partial charge is 0.456 e. The third kappa shape index (κ3) is 7.29. The van der Waals surface area contributed by atoms with Crippen LogP contribution >= 0.6 is 11.6 Å². The van der Waals surface area contributed by atoms with E-state index in [9.17, 15) is 23.6 Å². The van der Waals surface area contributed by atoms with Gasteiger partial charge < -0.3 is 20.7 Å². The normalized spacial score (nSPS) is 18.9. The summed E-state index contributed by atoms with van der Waals surface area (Å²) in [6.45, 7) is 7.31. The highest BCUT2D eigenvalue weighted by molar-refractivity contribution is 6.21. The van der Waals surface area contributed by atoms with Gasteiger partial charge in [-0.2, -0.15) is 5.10 Å². The van der Waals surface area contributed by atoms with Crippen LogP contribution in [-0.4, -0.2) is 55.3 Å². The number of alkyl halides is 1. The summed E-state index contributed by atoms with van der Waals surface area (Å²) in [5.74, 6) is -2.69. The minimum atomic E-state index is -0.709. The summed E-state index contributed by atoms with van der Waals surface area (Å²) >= 11 is 6.50. The number of fused-ring (bicyclic) bond motifs is 2. The van der Waals surface area contributed by atoms with Crippen LogP contribution in [0.3, 0.4) is 0 Å². The SMILES string of the molecule is Cc1c(C(=O)OC(C)(C)C)ccc2c1CC[C@@H]2NC(=O)c1cc(C(=O)Nc2cccc(F)c2)nc2c(C(=O)N[C@@H]3CCCCC3Cl)cnn12. The summed E-state index contributed by atoms with van der Waals surface area (Å²) in [6, 6.07) is 9.55. The highest BCUT2D eigenvalue weighted by atomic mass is 35.5. The maximum Gasteiger partial charge on any atom is 0.338 e. The predicted molar refractivity (Wildman–Crippen MR) is 182 cm³/mol. The van der Waals surface area contributed by atoms with Gasteiger partial charge in [-0.15, -0.1) is 11.6 Å². The number of benzene rings is 2. The molecule has 1 fully saturated rings. The van der Waals surface area contributed by atoms with Crippen molar-refractivity contribution in [2.75, 3.05) is 5.32 Å². The van der Waals surface area contributed by atoms with Gasteiger partial charge in [0.15, 0.2) is 5.65 Å². The summed E-state index contributed by atoms with van der Waals surface area (Å²) in [6.07, 6.45) is 5.93. The molecule has 1 saturated carbocycles. The minimum Gasteiger partial charge on any atom is -0.456 e. The average molecular weight is 689 g/mol. The lowest BCUT2D eigenvalue weighted by Crippen LogP contribution is -2.42. The van der Waals surface area contributed by atoms with Crippen LogP contribution in [0.1, 0.15) is 117 Å². The summed E-state index contributed by atoms with van der Waals surface area (Å²) in [5.41, 5.74) is 2.52. The second kappa shape index (κ2) is 13.6. The van der Waals surface area contributed by atoms with Gasteiger partial charge >= 0.3 is 5.97 Å². The predicted octanol–water partition coefficient (Wildman–Crippen LogP) is 6.08. The Morgan fingerprint density at radius 3 is 2.47 bits per heavy atom. The fraction of sp³-hybridized carbons (Fsp3) is 0.389. The molecule has 3 atom stereocenters. The zero-order chi connectivity index (χ0) is 35.0. The Morgan fingerprint density at radius 2 is 1.73 bits per heavy atom. The molecule has 1 unspecified atom stereocenters. The van der Waals surface area contributed by atoms with Crippen LogP contribution in [0.15, 0.2) is 48.7 Å². The Balaban J connectivity index is 1.32. The van der Waals surface area contributed by atoms with E-state index < -0.39 is 41.2 Å². The zero-order valence-corrected chi connectivity index (χ0v) is 28.5. The Labute approximate surface area is 288 Å². The first-order chi connectivity index (χ1) is 23.3. The Hall–Kier alpha value is -4.84. The van der Waals surface area contributed by atoms with E-state index in [0.717, 1.165) is 48.4 Å². The lowest BCUT2D eigenvalue weighted by molar-refractivity contribution is 0.00682. The topological polar surface area (TPSA) is 144 Å². The number of carbonyl (C=O) groups excluding carboxylic acids is 4. The van der Waals surface area contributed by atoms with E-state index >= 15 is 0 Å². The van der Waals surface area contributed by atoms with Crippen LogP contribution < -0.4 is 16.0 Å². The Bertz CT molecular complexity index is 1970. The van der Waals surface area contributed by atoms with Crippen molar-refractivity contribution in [3.8, 4) is 0 Å². The highest BCUT2D eigenvalue weighted by Crippen LogP contribution is 2.35. The van der Waals surface area contributed by atoms with Crippen molar-refractivity contribution in [1.29, 1.82) is 0 Å². The van der Waals surface area contributed by atoms with Crippen LogP contribution in [0.25, 0.3) is 5.65 Å². The third-order valence-electron chi connectivity index (χ3n) is 8.88. The molecular weight excluding hydrogens is 651 g/mol. The van der Waals surface area contributed by atoms with Crippen LogP contribution in [-0.2, 0) is 11.2 Å². The third-order valence-corrected chi connectivity index (χ3v) is 9.40. The van der Waals surface area contributed by atoms with Crippen LogP contribution in [0, 0.1) is 12.7 Å². The molecule has 13 heteroatoms. The number of hydrogen-bond acceptors (Lipinski definition) is 7. The number of nitrogens with zero attached hydrogens (tertiary/aromatic N) is 3. The molecule has 0 spiro atoms. The fourth-order valence-corrected chi connectivity index (χ4v) is 6.82. The van der Waals surface area contributed by atoms with Gasteiger partial charge in [0.05, 0.1) is 23.2 Å². The van der Waals surface area contributed by atoms with Gasteiger partial charge in [0.25, 0.3) is 17.7 Å². The summed E-state index contributed by atoms with van der Waals surface area (Å²) in [5, 5.41) is 12.7. The quantitative estimate of drug-likeness (QED) is 0.158. The number of rotatable bonds is 7. The first kappa shape index (κ1) is 34.0. The van der Waals surface area contributed by atoms with Gasteiger partial charge in [-0.3, -0.25) is 14.4 Å². The molecule has 256 valence electrons. The number of hydrogen-bond donors (Lipinski definition) is 3. The second-order valence-corrected chi connectivity index (χ2v) is 14.1. The van der Waals surface area contributed by atoms with E-state index in [1.165, 1.54) is 35.0 Å². The molecule has 2 aliphatic rings. The molecule has 6 rings (SSSR count). The minimum absolute atomic E-state index is 0.00106. The summed E-state index contributed by atoms with van der Waals surface area (Å²) in [7, 11) is 0. The zero-order valence-electron chi connectivity index (χ0n) is 27.7. The molecule has 2 aromatic heterocycles. The molecule has 0 saturated heterocycles. The first-order valence-electron chi connectivity index (χ1n) is 16.4. The van der Waals surface area contributed by atoms with E-state index in [4.69, 9.17) is 16.3 Å². The number of esters is 1. The van der Waals surface area contributed by atoms with E-state index in [-0.39, 0.29) is 39.7 Å². The molecule has 3 amide bonds. The van der Waals surface area contributed by atoms with Gasteiger partial charge in [0.2, 0.25) is 0 Å². The van der Waals surface area contributed by atoms with E-state index in [2.05, 4.69) is 26.0 Å².